The maximum atomic E-state index is 9.76. The smallest absolute Gasteiger partial charge is 0.132 e. The van der Waals surface area contributed by atoms with Crippen LogP contribution in [0.2, 0.25) is 0 Å². The standard InChI is InChI=1S/C17H24N2/c1-13(2)11-19-17(12-18)10-9-16(3,4)14-7-5-6-8-15(14)17/h5-8,13,19H,9-11H2,1-4H3. The van der Waals surface area contributed by atoms with Crippen LogP contribution in [0.4, 0.5) is 0 Å². The minimum absolute atomic E-state index is 0.163. The van der Waals surface area contributed by atoms with Gasteiger partial charge in [-0.05, 0) is 41.8 Å². The fourth-order valence-electron chi connectivity index (χ4n) is 2.93. The summed E-state index contributed by atoms with van der Waals surface area (Å²) >= 11 is 0. The van der Waals surface area contributed by atoms with Crippen molar-refractivity contribution in [2.24, 2.45) is 5.92 Å². The third-order valence-electron chi connectivity index (χ3n) is 4.24. The first-order chi connectivity index (χ1) is 8.91. The Hall–Kier alpha value is -1.33. The van der Waals surface area contributed by atoms with Crippen LogP contribution in [0.25, 0.3) is 0 Å². The van der Waals surface area contributed by atoms with Gasteiger partial charge in [0, 0.05) is 0 Å². The van der Waals surface area contributed by atoms with Crippen molar-refractivity contribution in [2.75, 3.05) is 6.54 Å². The van der Waals surface area contributed by atoms with Crippen molar-refractivity contribution in [1.29, 1.82) is 5.26 Å². The van der Waals surface area contributed by atoms with Crippen LogP contribution < -0.4 is 5.32 Å². The van der Waals surface area contributed by atoms with Crippen molar-refractivity contribution in [3.8, 4) is 6.07 Å². The summed E-state index contributed by atoms with van der Waals surface area (Å²) in [5, 5.41) is 13.3. The van der Waals surface area contributed by atoms with E-state index in [4.69, 9.17) is 0 Å². The van der Waals surface area contributed by atoms with E-state index in [0.29, 0.717) is 5.92 Å². The number of nitrogens with one attached hydrogen (secondary N) is 1. The van der Waals surface area contributed by atoms with Gasteiger partial charge < -0.3 is 0 Å². The molecular weight excluding hydrogens is 232 g/mol. The Balaban J connectivity index is 2.45. The first-order valence-electron chi connectivity index (χ1n) is 7.17. The van der Waals surface area contributed by atoms with Gasteiger partial charge in [0.15, 0.2) is 0 Å². The van der Waals surface area contributed by atoms with Gasteiger partial charge in [0.1, 0.15) is 5.54 Å². The van der Waals surface area contributed by atoms with E-state index in [1.165, 1.54) is 11.1 Å². The first-order valence-corrected chi connectivity index (χ1v) is 7.17. The molecule has 1 aromatic rings. The monoisotopic (exact) mass is 256 g/mol. The Morgan fingerprint density at radius 2 is 1.84 bits per heavy atom. The molecule has 0 bridgehead atoms. The molecule has 0 amide bonds. The number of nitrogens with zero attached hydrogens (tertiary/aromatic N) is 1. The van der Waals surface area contributed by atoms with E-state index < -0.39 is 5.54 Å². The highest BCUT2D eigenvalue weighted by Gasteiger charge is 2.42. The van der Waals surface area contributed by atoms with Crippen molar-refractivity contribution < 1.29 is 0 Å². The van der Waals surface area contributed by atoms with Crippen LogP contribution in [0.5, 0.6) is 0 Å². The molecule has 1 aliphatic rings. The maximum Gasteiger partial charge on any atom is 0.132 e. The van der Waals surface area contributed by atoms with Crippen molar-refractivity contribution in [3.05, 3.63) is 35.4 Å². The van der Waals surface area contributed by atoms with Crippen LogP contribution in [0.3, 0.4) is 0 Å². The zero-order valence-corrected chi connectivity index (χ0v) is 12.5. The summed E-state index contributed by atoms with van der Waals surface area (Å²) in [4.78, 5) is 0. The van der Waals surface area contributed by atoms with Crippen LogP contribution in [-0.4, -0.2) is 6.54 Å². The minimum Gasteiger partial charge on any atom is -0.295 e. The summed E-state index contributed by atoms with van der Waals surface area (Å²) in [7, 11) is 0. The van der Waals surface area contributed by atoms with E-state index >= 15 is 0 Å². The van der Waals surface area contributed by atoms with Crippen LogP contribution >= 0.6 is 0 Å². The van der Waals surface area contributed by atoms with Gasteiger partial charge in [-0.25, -0.2) is 0 Å². The average Bonchev–Trinajstić information content (AvgIpc) is 2.39. The van der Waals surface area contributed by atoms with E-state index in [1.54, 1.807) is 0 Å². The number of nitriles is 1. The number of fused-ring (bicyclic) bond motifs is 1. The quantitative estimate of drug-likeness (QED) is 0.894. The Morgan fingerprint density at radius 3 is 2.42 bits per heavy atom. The number of rotatable bonds is 3. The van der Waals surface area contributed by atoms with Crippen molar-refractivity contribution in [1.82, 2.24) is 5.32 Å². The molecule has 0 saturated heterocycles. The van der Waals surface area contributed by atoms with Gasteiger partial charge >= 0.3 is 0 Å². The molecular formula is C17H24N2. The third kappa shape index (κ3) is 2.53. The van der Waals surface area contributed by atoms with E-state index in [0.717, 1.165) is 19.4 Å². The van der Waals surface area contributed by atoms with Crippen LogP contribution in [0.15, 0.2) is 24.3 Å². The second-order valence-electron chi connectivity index (χ2n) is 6.72. The fraction of sp³-hybridized carbons (Fsp3) is 0.588. The van der Waals surface area contributed by atoms with Gasteiger partial charge in [0.05, 0.1) is 6.07 Å². The molecule has 1 aliphatic carbocycles. The van der Waals surface area contributed by atoms with Crippen LogP contribution in [0.1, 0.15) is 51.7 Å². The molecule has 0 saturated carbocycles. The fourth-order valence-corrected chi connectivity index (χ4v) is 2.93. The lowest BCUT2D eigenvalue weighted by Crippen LogP contribution is -2.48. The summed E-state index contributed by atoms with van der Waals surface area (Å²) in [5.74, 6) is 0.548. The van der Waals surface area contributed by atoms with Crippen LogP contribution in [0, 0.1) is 17.2 Å². The molecule has 102 valence electrons. The van der Waals surface area contributed by atoms with Gasteiger partial charge in [-0.2, -0.15) is 5.26 Å². The molecule has 19 heavy (non-hydrogen) atoms. The lowest BCUT2D eigenvalue weighted by atomic mass is 9.66. The Labute approximate surface area is 116 Å². The Morgan fingerprint density at radius 1 is 1.21 bits per heavy atom. The summed E-state index contributed by atoms with van der Waals surface area (Å²) in [6.45, 7) is 9.78. The van der Waals surface area contributed by atoms with Gasteiger partial charge in [0.2, 0.25) is 0 Å². The van der Waals surface area contributed by atoms with Crippen molar-refractivity contribution >= 4 is 0 Å². The highest BCUT2D eigenvalue weighted by molar-refractivity contribution is 5.45. The molecule has 1 atom stereocenters. The Bertz CT molecular complexity index is 496. The molecule has 0 aliphatic heterocycles. The number of hydrogen-bond donors (Lipinski definition) is 1. The Kier molecular flexibility index (Phi) is 3.69. The van der Waals surface area contributed by atoms with Crippen molar-refractivity contribution in [2.45, 2.75) is 51.5 Å². The highest BCUT2D eigenvalue weighted by atomic mass is 15.0. The SMILES string of the molecule is CC(C)CNC1(C#N)CCC(C)(C)c2ccccc21. The third-order valence-corrected chi connectivity index (χ3v) is 4.24. The molecule has 1 unspecified atom stereocenters. The van der Waals surface area contributed by atoms with Gasteiger partial charge in [0.25, 0.3) is 0 Å². The summed E-state index contributed by atoms with van der Waals surface area (Å²) in [6.07, 6.45) is 1.93. The lowest BCUT2D eigenvalue weighted by Gasteiger charge is -2.42. The molecule has 1 N–H and O–H groups in total. The van der Waals surface area contributed by atoms with Crippen LogP contribution in [-0.2, 0) is 11.0 Å². The van der Waals surface area contributed by atoms with Crippen molar-refractivity contribution in [3.63, 3.8) is 0 Å². The lowest BCUT2D eigenvalue weighted by molar-refractivity contribution is 0.290. The molecule has 0 aromatic heterocycles. The zero-order valence-electron chi connectivity index (χ0n) is 12.5. The summed E-state index contributed by atoms with van der Waals surface area (Å²) < 4.78 is 0. The largest absolute Gasteiger partial charge is 0.295 e. The molecule has 2 rings (SSSR count). The van der Waals surface area contributed by atoms with Gasteiger partial charge in [-0.3, -0.25) is 5.32 Å². The van der Waals surface area contributed by atoms with Gasteiger partial charge in [-0.15, -0.1) is 0 Å². The van der Waals surface area contributed by atoms with E-state index in [2.05, 4.69) is 57.3 Å². The molecule has 0 fully saturated rings. The average molecular weight is 256 g/mol. The second-order valence-corrected chi connectivity index (χ2v) is 6.72. The maximum absolute atomic E-state index is 9.76. The first kappa shape index (κ1) is 14.1. The second kappa shape index (κ2) is 4.98. The minimum atomic E-state index is -0.504. The van der Waals surface area contributed by atoms with E-state index in [1.807, 2.05) is 6.07 Å². The highest BCUT2D eigenvalue weighted by Crippen LogP contribution is 2.44. The number of hydrogen-bond acceptors (Lipinski definition) is 2. The molecule has 0 spiro atoms. The van der Waals surface area contributed by atoms with E-state index in [-0.39, 0.29) is 5.41 Å². The molecule has 2 heteroatoms. The predicted molar refractivity (Wildman–Crippen MR) is 78.8 cm³/mol. The van der Waals surface area contributed by atoms with E-state index in [9.17, 15) is 5.26 Å². The summed E-state index contributed by atoms with van der Waals surface area (Å²) in [5.41, 5.74) is 2.15. The normalized spacial score (nSPS) is 24.8. The number of benzene rings is 1. The molecule has 0 radical (unpaired) electrons. The topological polar surface area (TPSA) is 35.8 Å². The zero-order chi connectivity index (χ0) is 14.1. The molecule has 2 nitrogen and oxygen atoms in total. The molecule has 1 aromatic carbocycles. The summed E-state index contributed by atoms with van der Waals surface area (Å²) in [6, 6.07) is 11.0. The van der Waals surface area contributed by atoms with Gasteiger partial charge in [-0.1, -0.05) is 52.0 Å². The predicted octanol–water partition coefficient (Wildman–Crippen LogP) is 3.72. The molecule has 0 heterocycles.